The highest BCUT2D eigenvalue weighted by atomic mass is 32.2. The van der Waals surface area contributed by atoms with Gasteiger partial charge in [0.2, 0.25) is 0 Å². The fourth-order valence-electron chi connectivity index (χ4n) is 4.24. The molecular weight excluding hydrogens is 282 g/mol. The molecule has 1 aromatic rings. The van der Waals surface area contributed by atoms with Crippen LogP contribution in [0.1, 0.15) is 49.1 Å². The molecule has 21 heavy (non-hydrogen) atoms. The monoisotopic (exact) mass is 307 g/mol. The van der Waals surface area contributed by atoms with Crippen molar-refractivity contribution in [1.82, 2.24) is 0 Å². The van der Waals surface area contributed by atoms with E-state index in [-0.39, 0.29) is 11.3 Å². The van der Waals surface area contributed by atoms with Crippen molar-refractivity contribution >= 4 is 9.84 Å². The highest BCUT2D eigenvalue weighted by molar-refractivity contribution is 7.91. The standard InChI is InChI=1S/C17H25NO2S/c1-21(19,20)14-7-4-6-13(11-14)17(18)16-10-9-12-5-2-3-8-15(12)16/h2-3,5,8,13-14,16-17H,4,6-7,9-11,18H2,1H3. The van der Waals surface area contributed by atoms with Crippen LogP contribution in [0.3, 0.4) is 0 Å². The van der Waals surface area contributed by atoms with Gasteiger partial charge in [-0.3, -0.25) is 0 Å². The maximum Gasteiger partial charge on any atom is 0.150 e. The van der Waals surface area contributed by atoms with Crippen LogP contribution in [0.5, 0.6) is 0 Å². The summed E-state index contributed by atoms with van der Waals surface area (Å²) in [6, 6.07) is 8.67. The first kappa shape index (κ1) is 15.0. The molecule has 3 nitrogen and oxygen atoms in total. The van der Waals surface area contributed by atoms with E-state index in [9.17, 15) is 8.42 Å². The summed E-state index contributed by atoms with van der Waals surface area (Å²) in [5, 5.41) is -0.182. The largest absolute Gasteiger partial charge is 0.327 e. The van der Waals surface area contributed by atoms with Gasteiger partial charge >= 0.3 is 0 Å². The van der Waals surface area contributed by atoms with Gasteiger partial charge in [0.25, 0.3) is 0 Å². The quantitative estimate of drug-likeness (QED) is 0.934. The molecule has 2 aliphatic carbocycles. The first-order chi connectivity index (χ1) is 9.97. The minimum atomic E-state index is -2.93. The minimum Gasteiger partial charge on any atom is -0.327 e. The van der Waals surface area contributed by atoms with Gasteiger partial charge in [-0.05, 0) is 55.1 Å². The zero-order chi connectivity index (χ0) is 15.0. The SMILES string of the molecule is CS(=O)(=O)C1CCCC(C(N)C2CCc3ccccc32)C1. The van der Waals surface area contributed by atoms with Gasteiger partial charge in [-0.1, -0.05) is 30.7 Å². The lowest BCUT2D eigenvalue weighted by Gasteiger charge is -2.35. The normalized spacial score (nSPS) is 30.9. The molecular formula is C17H25NO2S. The van der Waals surface area contributed by atoms with Gasteiger partial charge in [0.1, 0.15) is 9.84 Å². The molecule has 0 amide bonds. The third-order valence-corrected chi connectivity index (χ3v) is 7.10. The number of fused-ring (bicyclic) bond motifs is 1. The zero-order valence-electron chi connectivity index (χ0n) is 12.7. The average Bonchev–Trinajstić information content (AvgIpc) is 2.90. The highest BCUT2D eigenvalue weighted by Crippen LogP contribution is 2.40. The van der Waals surface area contributed by atoms with E-state index in [1.807, 2.05) is 0 Å². The topological polar surface area (TPSA) is 60.2 Å². The number of rotatable bonds is 3. The molecule has 0 heterocycles. The third kappa shape index (κ3) is 3.02. The van der Waals surface area contributed by atoms with E-state index in [1.54, 1.807) is 0 Å². The Labute approximate surface area is 127 Å². The first-order valence-corrected chi connectivity index (χ1v) is 9.94. The van der Waals surface area contributed by atoms with Gasteiger partial charge in [-0.25, -0.2) is 8.42 Å². The lowest BCUT2D eigenvalue weighted by Crippen LogP contribution is -2.40. The smallest absolute Gasteiger partial charge is 0.150 e. The third-order valence-electron chi connectivity index (χ3n) is 5.46. The molecule has 3 rings (SSSR count). The zero-order valence-corrected chi connectivity index (χ0v) is 13.5. The van der Waals surface area contributed by atoms with Gasteiger partial charge in [0, 0.05) is 12.3 Å². The number of aryl methyl sites for hydroxylation is 1. The number of nitrogens with two attached hydrogens (primary N) is 1. The van der Waals surface area contributed by atoms with Crippen molar-refractivity contribution in [2.45, 2.75) is 55.7 Å². The molecule has 0 aromatic heterocycles. The van der Waals surface area contributed by atoms with Crippen LogP contribution in [0.25, 0.3) is 0 Å². The number of benzene rings is 1. The van der Waals surface area contributed by atoms with E-state index < -0.39 is 9.84 Å². The summed E-state index contributed by atoms with van der Waals surface area (Å²) in [4.78, 5) is 0. The predicted molar refractivity (Wildman–Crippen MR) is 86.1 cm³/mol. The molecule has 4 unspecified atom stereocenters. The Hall–Kier alpha value is -0.870. The Bertz CT molecular complexity index is 611. The summed E-state index contributed by atoms with van der Waals surface area (Å²) < 4.78 is 23.7. The van der Waals surface area contributed by atoms with Gasteiger partial charge in [-0.2, -0.15) is 0 Å². The van der Waals surface area contributed by atoms with E-state index in [1.165, 1.54) is 17.4 Å². The summed E-state index contributed by atoms with van der Waals surface area (Å²) in [7, 11) is -2.93. The lowest BCUT2D eigenvalue weighted by molar-refractivity contribution is 0.277. The molecule has 1 aromatic carbocycles. The molecule has 116 valence electrons. The number of sulfone groups is 1. The summed E-state index contributed by atoms with van der Waals surface area (Å²) in [6.45, 7) is 0. The molecule has 2 N–H and O–H groups in total. The Balaban J connectivity index is 1.75. The van der Waals surface area contributed by atoms with E-state index in [4.69, 9.17) is 5.73 Å². The van der Waals surface area contributed by atoms with Crippen LogP contribution in [-0.2, 0) is 16.3 Å². The maximum atomic E-state index is 11.8. The molecule has 0 aliphatic heterocycles. The summed E-state index contributed by atoms with van der Waals surface area (Å²) in [6.07, 6.45) is 7.21. The molecule has 0 saturated heterocycles. The van der Waals surface area contributed by atoms with Crippen LogP contribution in [-0.4, -0.2) is 26.0 Å². The van der Waals surface area contributed by atoms with Crippen molar-refractivity contribution in [1.29, 1.82) is 0 Å². The predicted octanol–water partition coefficient (Wildman–Crippen LogP) is 2.65. The van der Waals surface area contributed by atoms with Crippen LogP contribution >= 0.6 is 0 Å². The van der Waals surface area contributed by atoms with E-state index in [2.05, 4.69) is 24.3 Å². The van der Waals surface area contributed by atoms with Gasteiger partial charge in [0.15, 0.2) is 0 Å². The molecule has 0 radical (unpaired) electrons. The second kappa shape index (κ2) is 5.73. The Morgan fingerprint density at radius 1 is 1.19 bits per heavy atom. The average molecular weight is 307 g/mol. The first-order valence-electron chi connectivity index (χ1n) is 7.99. The second-order valence-corrected chi connectivity index (χ2v) is 9.13. The number of hydrogen-bond donors (Lipinski definition) is 1. The fourth-order valence-corrected chi connectivity index (χ4v) is 5.43. The van der Waals surface area contributed by atoms with Crippen molar-refractivity contribution in [2.75, 3.05) is 6.26 Å². The fraction of sp³-hybridized carbons (Fsp3) is 0.647. The van der Waals surface area contributed by atoms with E-state index in [0.29, 0.717) is 11.8 Å². The van der Waals surface area contributed by atoms with Gasteiger partial charge in [0.05, 0.1) is 5.25 Å². The van der Waals surface area contributed by atoms with Gasteiger partial charge in [-0.15, -0.1) is 0 Å². The van der Waals surface area contributed by atoms with Gasteiger partial charge < -0.3 is 5.73 Å². The van der Waals surface area contributed by atoms with Crippen molar-refractivity contribution in [2.24, 2.45) is 11.7 Å². The van der Waals surface area contributed by atoms with Crippen molar-refractivity contribution in [3.8, 4) is 0 Å². The molecule has 4 atom stereocenters. The van der Waals surface area contributed by atoms with E-state index in [0.717, 1.165) is 38.5 Å². The van der Waals surface area contributed by atoms with Crippen LogP contribution < -0.4 is 5.73 Å². The Kier molecular flexibility index (Phi) is 4.10. The Morgan fingerprint density at radius 2 is 1.95 bits per heavy atom. The van der Waals surface area contributed by atoms with Crippen LogP contribution in [0.15, 0.2) is 24.3 Å². The maximum absolute atomic E-state index is 11.8. The molecule has 1 fully saturated rings. The summed E-state index contributed by atoms with van der Waals surface area (Å²) >= 11 is 0. The van der Waals surface area contributed by atoms with E-state index >= 15 is 0 Å². The van der Waals surface area contributed by atoms with Crippen molar-refractivity contribution in [3.63, 3.8) is 0 Å². The lowest BCUT2D eigenvalue weighted by atomic mass is 9.77. The Morgan fingerprint density at radius 3 is 2.71 bits per heavy atom. The highest BCUT2D eigenvalue weighted by Gasteiger charge is 2.37. The summed E-state index contributed by atoms with van der Waals surface area (Å²) in [5.74, 6) is 0.749. The second-order valence-electron chi connectivity index (χ2n) is 6.80. The minimum absolute atomic E-state index is 0.0956. The van der Waals surface area contributed by atoms with Crippen molar-refractivity contribution < 1.29 is 8.42 Å². The number of hydrogen-bond acceptors (Lipinski definition) is 3. The molecule has 0 spiro atoms. The van der Waals surface area contributed by atoms with Crippen LogP contribution in [0.4, 0.5) is 0 Å². The molecule has 1 saturated carbocycles. The van der Waals surface area contributed by atoms with Crippen LogP contribution in [0, 0.1) is 5.92 Å². The van der Waals surface area contributed by atoms with Crippen molar-refractivity contribution in [3.05, 3.63) is 35.4 Å². The molecule has 4 heteroatoms. The van der Waals surface area contributed by atoms with Crippen LogP contribution in [0.2, 0.25) is 0 Å². The summed E-state index contributed by atoms with van der Waals surface area (Å²) in [5.41, 5.74) is 9.40. The molecule has 0 bridgehead atoms. The molecule has 2 aliphatic rings.